The topological polar surface area (TPSA) is 75.6 Å². The first kappa shape index (κ1) is 16.2. The minimum Gasteiger partial charge on any atom is -0.346 e. The number of rotatable bonds is 7. The van der Waals surface area contributed by atoms with Gasteiger partial charge in [-0.1, -0.05) is 25.5 Å². The third-order valence-corrected chi connectivity index (χ3v) is 4.11. The van der Waals surface area contributed by atoms with Crippen molar-refractivity contribution in [1.29, 1.82) is 0 Å². The molecule has 0 aliphatic rings. The molecule has 3 rings (SSSR count). The molecule has 1 aromatic carbocycles. The molecule has 6 nitrogen and oxygen atoms in total. The van der Waals surface area contributed by atoms with Crippen molar-refractivity contribution in [2.75, 3.05) is 0 Å². The van der Waals surface area contributed by atoms with Crippen LogP contribution in [0.15, 0.2) is 36.7 Å². The average Bonchev–Trinajstić information content (AvgIpc) is 3.18. The molecule has 0 aliphatic heterocycles. The maximum Gasteiger partial charge on any atom is 0.221 e. The van der Waals surface area contributed by atoms with E-state index in [0.717, 1.165) is 35.5 Å². The van der Waals surface area contributed by atoms with Crippen molar-refractivity contribution < 1.29 is 4.79 Å². The summed E-state index contributed by atoms with van der Waals surface area (Å²) in [7, 11) is 1.95. The maximum atomic E-state index is 12.3. The summed E-state index contributed by atoms with van der Waals surface area (Å²) in [6.45, 7) is 2.11. The van der Waals surface area contributed by atoms with Crippen LogP contribution in [-0.2, 0) is 18.3 Å². The first-order valence-corrected chi connectivity index (χ1v) is 8.37. The van der Waals surface area contributed by atoms with E-state index in [2.05, 4.69) is 27.2 Å². The highest BCUT2D eigenvalue weighted by molar-refractivity contribution is 5.77. The van der Waals surface area contributed by atoms with E-state index in [0.29, 0.717) is 12.8 Å². The van der Waals surface area contributed by atoms with Crippen molar-refractivity contribution in [1.82, 2.24) is 24.8 Å². The fourth-order valence-electron chi connectivity index (χ4n) is 2.89. The quantitative estimate of drug-likeness (QED) is 0.701. The molecule has 0 fully saturated rings. The van der Waals surface area contributed by atoms with Crippen LogP contribution in [0.4, 0.5) is 0 Å². The predicted octanol–water partition coefficient (Wildman–Crippen LogP) is 2.89. The van der Waals surface area contributed by atoms with Gasteiger partial charge in [0.1, 0.15) is 11.6 Å². The lowest BCUT2D eigenvalue weighted by atomic mass is 10.1. The summed E-state index contributed by atoms with van der Waals surface area (Å²) >= 11 is 0. The van der Waals surface area contributed by atoms with Crippen LogP contribution in [0, 0.1) is 0 Å². The zero-order valence-corrected chi connectivity index (χ0v) is 14.1. The lowest BCUT2D eigenvalue weighted by Gasteiger charge is -2.17. The molecule has 2 aromatic heterocycles. The number of hydrogen-bond donors (Lipinski definition) is 2. The van der Waals surface area contributed by atoms with E-state index in [1.54, 1.807) is 6.20 Å². The molecule has 0 unspecified atom stereocenters. The van der Waals surface area contributed by atoms with Crippen LogP contribution in [0.3, 0.4) is 0 Å². The first-order chi connectivity index (χ1) is 11.7. The van der Waals surface area contributed by atoms with Gasteiger partial charge in [0, 0.05) is 32.3 Å². The molecule has 0 saturated carbocycles. The van der Waals surface area contributed by atoms with Crippen molar-refractivity contribution in [3.8, 4) is 0 Å². The van der Waals surface area contributed by atoms with Gasteiger partial charge >= 0.3 is 0 Å². The molecule has 0 saturated heterocycles. The van der Waals surface area contributed by atoms with Crippen LogP contribution >= 0.6 is 0 Å². The number of nitrogens with one attached hydrogen (secondary N) is 2. The fourth-order valence-corrected chi connectivity index (χ4v) is 2.89. The molecule has 3 aromatic rings. The van der Waals surface area contributed by atoms with E-state index in [1.807, 2.05) is 42.1 Å². The predicted molar refractivity (Wildman–Crippen MR) is 93.4 cm³/mol. The standard InChI is InChI=1S/C18H23N5O/c1-3-6-15(18-19-11-12-23(18)2)22-17(24)10-9-16-20-13-7-4-5-8-14(13)21-16/h4-5,7-8,11-12,15H,3,6,9-10H2,1-2H3,(H,20,21)(H,22,24)/t15-/m0/s1. The molecule has 24 heavy (non-hydrogen) atoms. The van der Waals surface area contributed by atoms with E-state index in [4.69, 9.17) is 0 Å². The molecule has 0 aliphatic carbocycles. The Labute approximate surface area is 141 Å². The Morgan fingerprint density at radius 1 is 1.38 bits per heavy atom. The summed E-state index contributed by atoms with van der Waals surface area (Å²) in [5.41, 5.74) is 1.94. The van der Waals surface area contributed by atoms with E-state index in [9.17, 15) is 4.79 Å². The number of imidazole rings is 2. The number of para-hydroxylation sites is 2. The molecule has 1 atom stereocenters. The van der Waals surface area contributed by atoms with Gasteiger partial charge in [0.25, 0.3) is 0 Å². The summed E-state index contributed by atoms with van der Waals surface area (Å²) < 4.78 is 1.96. The van der Waals surface area contributed by atoms with Crippen LogP contribution in [-0.4, -0.2) is 25.4 Å². The largest absolute Gasteiger partial charge is 0.346 e. The number of H-pyrrole nitrogens is 1. The van der Waals surface area contributed by atoms with E-state index < -0.39 is 0 Å². The normalized spacial score (nSPS) is 12.4. The number of carbonyl (C=O) groups is 1. The molecule has 126 valence electrons. The Balaban J connectivity index is 1.60. The summed E-state index contributed by atoms with van der Waals surface area (Å²) in [6.07, 6.45) is 6.53. The SMILES string of the molecule is CCC[C@H](NC(=O)CCc1nc2ccccc2[nH]1)c1nccn1C. The highest BCUT2D eigenvalue weighted by Crippen LogP contribution is 2.17. The molecule has 0 radical (unpaired) electrons. The number of carbonyl (C=O) groups excluding carboxylic acids is 1. The van der Waals surface area contributed by atoms with Crippen molar-refractivity contribution >= 4 is 16.9 Å². The fraction of sp³-hybridized carbons (Fsp3) is 0.389. The van der Waals surface area contributed by atoms with Crippen LogP contribution in [0.5, 0.6) is 0 Å². The summed E-state index contributed by atoms with van der Waals surface area (Å²) in [6, 6.07) is 7.84. The third-order valence-electron chi connectivity index (χ3n) is 4.11. The third kappa shape index (κ3) is 3.64. The monoisotopic (exact) mass is 325 g/mol. The first-order valence-electron chi connectivity index (χ1n) is 8.37. The van der Waals surface area contributed by atoms with Crippen LogP contribution < -0.4 is 5.32 Å². The number of aryl methyl sites for hydroxylation is 2. The zero-order chi connectivity index (χ0) is 16.9. The maximum absolute atomic E-state index is 12.3. The summed E-state index contributed by atoms with van der Waals surface area (Å²) in [5, 5.41) is 3.10. The number of nitrogens with zero attached hydrogens (tertiary/aromatic N) is 3. The van der Waals surface area contributed by atoms with E-state index >= 15 is 0 Å². The van der Waals surface area contributed by atoms with Gasteiger partial charge in [-0.15, -0.1) is 0 Å². The van der Waals surface area contributed by atoms with Gasteiger partial charge in [0.15, 0.2) is 0 Å². The van der Waals surface area contributed by atoms with Crippen molar-refractivity contribution in [3.63, 3.8) is 0 Å². The molecular formula is C18H23N5O. The van der Waals surface area contributed by atoms with E-state index in [1.165, 1.54) is 0 Å². The van der Waals surface area contributed by atoms with Gasteiger partial charge in [0.2, 0.25) is 5.91 Å². The molecular weight excluding hydrogens is 302 g/mol. The molecule has 2 heterocycles. The molecule has 6 heteroatoms. The Bertz CT molecular complexity index is 787. The number of aromatic amines is 1. The van der Waals surface area contributed by atoms with Gasteiger partial charge in [-0.3, -0.25) is 4.79 Å². The Kier molecular flexibility index (Phi) is 4.93. The van der Waals surface area contributed by atoms with Crippen LogP contribution in [0.2, 0.25) is 0 Å². The number of aromatic nitrogens is 4. The molecule has 1 amide bonds. The van der Waals surface area contributed by atoms with Crippen LogP contribution in [0.25, 0.3) is 11.0 Å². The van der Waals surface area contributed by atoms with E-state index in [-0.39, 0.29) is 11.9 Å². The molecule has 0 bridgehead atoms. The van der Waals surface area contributed by atoms with Gasteiger partial charge < -0.3 is 14.9 Å². The van der Waals surface area contributed by atoms with Crippen LogP contribution in [0.1, 0.15) is 43.9 Å². The minimum absolute atomic E-state index is 0.0249. The minimum atomic E-state index is -0.0434. The number of amides is 1. The average molecular weight is 325 g/mol. The molecule has 0 spiro atoms. The smallest absolute Gasteiger partial charge is 0.221 e. The van der Waals surface area contributed by atoms with Crippen molar-refractivity contribution in [3.05, 3.63) is 48.3 Å². The second-order valence-corrected chi connectivity index (χ2v) is 6.01. The highest BCUT2D eigenvalue weighted by Gasteiger charge is 2.17. The molecule has 2 N–H and O–H groups in total. The summed E-state index contributed by atoms with van der Waals surface area (Å²) in [5.74, 6) is 1.77. The Hall–Kier alpha value is -2.63. The Morgan fingerprint density at radius 3 is 2.92 bits per heavy atom. The lowest BCUT2D eigenvalue weighted by Crippen LogP contribution is -2.30. The second kappa shape index (κ2) is 7.29. The highest BCUT2D eigenvalue weighted by atomic mass is 16.1. The van der Waals surface area contributed by atoms with Gasteiger partial charge in [-0.2, -0.15) is 0 Å². The zero-order valence-electron chi connectivity index (χ0n) is 14.1. The van der Waals surface area contributed by atoms with Gasteiger partial charge in [0.05, 0.1) is 17.1 Å². The van der Waals surface area contributed by atoms with Gasteiger partial charge in [-0.05, 0) is 18.6 Å². The number of fused-ring (bicyclic) bond motifs is 1. The number of hydrogen-bond acceptors (Lipinski definition) is 3. The second-order valence-electron chi connectivity index (χ2n) is 6.01. The van der Waals surface area contributed by atoms with Crippen molar-refractivity contribution in [2.24, 2.45) is 7.05 Å². The lowest BCUT2D eigenvalue weighted by molar-refractivity contribution is -0.122. The Morgan fingerprint density at radius 2 is 2.21 bits per heavy atom. The summed E-state index contributed by atoms with van der Waals surface area (Å²) in [4.78, 5) is 24.5. The van der Waals surface area contributed by atoms with Gasteiger partial charge in [-0.25, -0.2) is 9.97 Å². The van der Waals surface area contributed by atoms with Crippen molar-refractivity contribution in [2.45, 2.75) is 38.6 Å². The number of benzene rings is 1.